The monoisotopic (exact) mass is 202 g/mol. The highest BCUT2D eigenvalue weighted by Crippen LogP contribution is 2.28. The number of hydrogen-bond donors (Lipinski definition) is 1. The Kier molecular flexibility index (Phi) is 3.10. The van der Waals surface area contributed by atoms with Crippen LogP contribution in [0.2, 0.25) is 0 Å². The molecule has 1 rings (SSSR count). The van der Waals surface area contributed by atoms with E-state index in [0.29, 0.717) is 12.3 Å². The van der Waals surface area contributed by atoms with E-state index in [0.717, 1.165) is 0 Å². The maximum absolute atomic E-state index is 8.92. The molecule has 0 aliphatic heterocycles. The maximum Gasteiger partial charge on any atom is 0.160 e. The molecule has 5 heteroatoms. The van der Waals surface area contributed by atoms with Gasteiger partial charge >= 0.3 is 0 Å². The van der Waals surface area contributed by atoms with Crippen molar-refractivity contribution in [1.82, 2.24) is 4.98 Å². The molecular weight excluding hydrogens is 192 g/mol. The molecule has 0 unspecified atom stereocenters. The summed E-state index contributed by atoms with van der Waals surface area (Å²) in [6.45, 7) is 3.79. The third kappa shape index (κ3) is 1.82. The van der Waals surface area contributed by atoms with Crippen LogP contribution in [-0.4, -0.2) is 11.6 Å². The Morgan fingerprint density at radius 3 is 2.40 bits per heavy atom. The molecule has 1 heterocycles. The first-order chi connectivity index (χ1) is 7.15. The average molecular weight is 202 g/mol. The number of ether oxygens (including phenoxy) is 1. The van der Waals surface area contributed by atoms with Crippen molar-refractivity contribution in [2.75, 3.05) is 12.3 Å². The molecule has 0 bridgehead atoms. The van der Waals surface area contributed by atoms with Gasteiger partial charge in [0.25, 0.3) is 0 Å². The summed E-state index contributed by atoms with van der Waals surface area (Å²) >= 11 is 0. The van der Waals surface area contributed by atoms with Gasteiger partial charge in [0.1, 0.15) is 29.1 Å². The van der Waals surface area contributed by atoms with Crippen molar-refractivity contribution < 1.29 is 4.74 Å². The largest absolute Gasteiger partial charge is 0.491 e. The van der Waals surface area contributed by atoms with Gasteiger partial charge in [-0.25, -0.2) is 4.98 Å². The molecule has 0 amide bonds. The predicted molar refractivity (Wildman–Crippen MR) is 54.0 cm³/mol. The molecule has 0 fully saturated rings. The zero-order valence-electron chi connectivity index (χ0n) is 8.53. The van der Waals surface area contributed by atoms with E-state index in [1.807, 2.05) is 12.1 Å². The molecule has 0 aliphatic rings. The summed E-state index contributed by atoms with van der Waals surface area (Å²) in [6, 6.07) is 3.84. The van der Waals surface area contributed by atoms with Crippen LogP contribution in [0.3, 0.4) is 0 Å². The van der Waals surface area contributed by atoms with E-state index in [1.165, 1.54) is 0 Å². The van der Waals surface area contributed by atoms with Crippen LogP contribution in [-0.2, 0) is 0 Å². The summed E-state index contributed by atoms with van der Waals surface area (Å²) in [4.78, 5) is 3.91. The normalized spacial score (nSPS) is 9.07. The van der Waals surface area contributed by atoms with Gasteiger partial charge in [0.05, 0.1) is 12.3 Å². The van der Waals surface area contributed by atoms with Gasteiger partial charge < -0.3 is 10.5 Å². The van der Waals surface area contributed by atoms with Crippen LogP contribution in [0, 0.1) is 29.6 Å². The average Bonchev–Trinajstić information content (AvgIpc) is 2.18. The van der Waals surface area contributed by atoms with Crippen LogP contribution in [0.5, 0.6) is 5.75 Å². The lowest BCUT2D eigenvalue weighted by Crippen LogP contribution is -2.05. The minimum absolute atomic E-state index is 0.0949. The lowest BCUT2D eigenvalue weighted by molar-refractivity contribution is 0.338. The second-order valence-corrected chi connectivity index (χ2v) is 2.82. The molecule has 15 heavy (non-hydrogen) atoms. The fourth-order valence-corrected chi connectivity index (χ4v) is 1.23. The number of rotatable bonds is 2. The van der Waals surface area contributed by atoms with Gasteiger partial charge in [0, 0.05) is 0 Å². The summed E-state index contributed by atoms with van der Waals surface area (Å²) in [5, 5.41) is 17.8. The fraction of sp³-hybridized carbons (Fsp3) is 0.300. The van der Waals surface area contributed by atoms with Crippen molar-refractivity contribution in [3.05, 3.63) is 16.8 Å². The van der Waals surface area contributed by atoms with E-state index in [-0.39, 0.29) is 22.7 Å². The van der Waals surface area contributed by atoms with Crippen LogP contribution in [0.15, 0.2) is 0 Å². The highest BCUT2D eigenvalue weighted by molar-refractivity contribution is 5.64. The van der Waals surface area contributed by atoms with Crippen molar-refractivity contribution in [2.45, 2.75) is 13.8 Å². The van der Waals surface area contributed by atoms with Gasteiger partial charge in [0.15, 0.2) is 5.75 Å². The Morgan fingerprint density at radius 2 is 1.93 bits per heavy atom. The zero-order chi connectivity index (χ0) is 11.4. The molecule has 76 valence electrons. The number of pyridine rings is 1. The van der Waals surface area contributed by atoms with Gasteiger partial charge in [-0.05, 0) is 13.8 Å². The fourth-order valence-electron chi connectivity index (χ4n) is 1.23. The Morgan fingerprint density at radius 1 is 1.33 bits per heavy atom. The Balaban J connectivity index is 3.54. The third-order valence-electron chi connectivity index (χ3n) is 1.87. The van der Waals surface area contributed by atoms with E-state index in [1.54, 1.807) is 13.8 Å². The zero-order valence-corrected chi connectivity index (χ0v) is 8.53. The summed E-state index contributed by atoms with van der Waals surface area (Å²) in [5.41, 5.74) is 6.42. The minimum atomic E-state index is 0.0949. The number of nitriles is 2. The minimum Gasteiger partial charge on any atom is -0.491 e. The van der Waals surface area contributed by atoms with Crippen LogP contribution < -0.4 is 10.5 Å². The van der Waals surface area contributed by atoms with Crippen molar-refractivity contribution in [1.29, 1.82) is 10.5 Å². The quantitative estimate of drug-likeness (QED) is 0.775. The molecule has 2 N–H and O–H groups in total. The maximum atomic E-state index is 8.92. The Hall–Kier alpha value is -2.27. The molecule has 0 atom stereocenters. The molecule has 0 saturated carbocycles. The molecule has 1 aromatic heterocycles. The third-order valence-corrected chi connectivity index (χ3v) is 1.87. The number of aromatic nitrogens is 1. The van der Waals surface area contributed by atoms with E-state index in [2.05, 4.69) is 4.98 Å². The standard InChI is InChI=1S/C10H10N4O/c1-3-15-9-7(4-11)6(2)14-10(13)8(9)5-12/h3H2,1-2H3,(H2,13,14). The second kappa shape index (κ2) is 4.30. The molecule has 0 radical (unpaired) electrons. The number of nitrogens with zero attached hydrogens (tertiary/aromatic N) is 3. The van der Waals surface area contributed by atoms with Crippen molar-refractivity contribution >= 4 is 5.82 Å². The van der Waals surface area contributed by atoms with Gasteiger partial charge in [0.2, 0.25) is 0 Å². The van der Waals surface area contributed by atoms with Crippen LogP contribution in [0.1, 0.15) is 23.7 Å². The van der Waals surface area contributed by atoms with Gasteiger partial charge in [-0.15, -0.1) is 0 Å². The number of aryl methyl sites for hydroxylation is 1. The first kappa shape index (κ1) is 10.8. The molecule has 0 aliphatic carbocycles. The van der Waals surface area contributed by atoms with Gasteiger partial charge in [-0.3, -0.25) is 0 Å². The predicted octanol–water partition coefficient (Wildman–Crippen LogP) is 1.11. The summed E-state index contributed by atoms with van der Waals surface area (Å²) in [5.74, 6) is 0.324. The smallest absolute Gasteiger partial charge is 0.160 e. The first-order valence-corrected chi connectivity index (χ1v) is 4.38. The summed E-state index contributed by atoms with van der Waals surface area (Å²) in [7, 11) is 0. The number of hydrogen-bond acceptors (Lipinski definition) is 5. The summed E-state index contributed by atoms with van der Waals surface area (Å²) in [6.07, 6.45) is 0. The van der Waals surface area contributed by atoms with E-state index in [9.17, 15) is 0 Å². The lowest BCUT2D eigenvalue weighted by Gasteiger charge is -2.10. The summed E-state index contributed by atoms with van der Waals surface area (Å²) < 4.78 is 5.25. The van der Waals surface area contributed by atoms with Crippen molar-refractivity contribution in [2.24, 2.45) is 0 Å². The van der Waals surface area contributed by atoms with E-state index in [4.69, 9.17) is 21.0 Å². The second-order valence-electron chi connectivity index (χ2n) is 2.82. The van der Waals surface area contributed by atoms with Crippen molar-refractivity contribution in [3.63, 3.8) is 0 Å². The van der Waals surface area contributed by atoms with Gasteiger partial charge in [-0.1, -0.05) is 0 Å². The SMILES string of the molecule is CCOc1c(C#N)c(C)nc(N)c1C#N. The van der Waals surface area contributed by atoms with Crippen molar-refractivity contribution in [3.8, 4) is 17.9 Å². The van der Waals surface area contributed by atoms with Crippen LogP contribution >= 0.6 is 0 Å². The van der Waals surface area contributed by atoms with Crippen LogP contribution in [0.25, 0.3) is 0 Å². The van der Waals surface area contributed by atoms with Crippen LogP contribution in [0.4, 0.5) is 5.82 Å². The molecule has 0 aromatic carbocycles. The Bertz CT molecular complexity index is 430. The van der Waals surface area contributed by atoms with E-state index >= 15 is 0 Å². The molecule has 0 spiro atoms. The number of anilines is 1. The van der Waals surface area contributed by atoms with E-state index < -0.39 is 0 Å². The number of nitrogen functional groups attached to an aromatic ring is 1. The first-order valence-electron chi connectivity index (χ1n) is 4.38. The van der Waals surface area contributed by atoms with Gasteiger partial charge in [-0.2, -0.15) is 10.5 Å². The topological polar surface area (TPSA) is 95.7 Å². The molecule has 0 saturated heterocycles. The molecule has 1 aromatic rings. The lowest BCUT2D eigenvalue weighted by atomic mass is 10.1. The molecule has 5 nitrogen and oxygen atoms in total. The highest BCUT2D eigenvalue weighted by Gasteiger charge is 2.17. The molecular formula is C10H10N4O. The number of nitrogens with two attached hydrogens (primary N) is 1. The highest BCUT2D eigenvalue weighted by atomic mass is 16.5. The Labute approximate surface area is 87.7 Å².